The molecule has 1 aromatic heterocycles. The topological polar surface area (TPSA) is 76.7 Å². The van der Waals surface area contributed by atoms with Gasteiger partial charge in [-0.3, -0.25) is 0 Å². The van der Waals surface area contributed by atoms with Crippen molar-refractivity contribution < 1.29 is 17.9 Å². The number of hydrogen-bond acceptors (Lipinski definition) is 6. The highest BCUT2D eigenvalue weighted by Gasteiger charge is 2.23. The van der Waals surface area contributed by atoms with Gasteiger partial charge in [-0.25, -0.2) is 13.1 Å². The largest absolute Gasteiger partial charge is 0.376 e. The summed E-state index contributed by atoms with van der Waals surface area (Å²) in [5.41, 5.74) is 0. The minimum absolute atomic E-state index is 0.214. The van der Waals surface area contributed by atoms with E-state index < -0.39 is 10.0 Å². The lowest BCUT2D eigenvalue weighted by atomic mass is 10.3. The van der Waals surface area contributed by atoms with Gasteiger partial charge in [0.1, 0.15) is 4.90 Å². The van der Waals surface area contributed by atoms with Crippen LogP contribution in [0.4, 0.5) is 0 Å². The van der Waals surface area contributed by atoms with Crippen molar-refractivity contribution >= 4 is 37.3 Å². The highest BCUT2D eigenvalue weighted by molar-refractivity contribution is 9.11. The normalized spacial score (nSPS) is 20.2. The molecule has 1 unspecified atom stereocenters. The van der Waals surface area contributed by atoms with Crippen molar-refractivity contribution in [1.82, 2.24) is 10.0 Å². The lowest BCUT2D eigenvalue weighted by molar-refractivity contribution is -0.0846. The SMILES string of the molecule is CNCc1cc(S(=O)(=O)NCC2COCCO2)c(Br)s1. The quantitative estimate of drug-likeness (QED) is 0.762. The van der Waals surface area contributed by atoms with Gasteiger partial charge in [0.15, 0.2) is 0 Å². The molecule has 114 valence electrons. The number of ether oxygens (including phenoxy) is 2. The Hall–Kier alpha value is -0.0300. The van der Waals surface area contributed by atoms with Crippen molar-refractivity contribution in [3.05, 3.63) is 14.7 Å². The summed E-state index contributed by atoms with van der Waals surface area (Å²) in [7, 11) is -1.72. The molecule has 0 spiro atoms. The van der Waals surface area contributed by atoms with Crippen LogP contribution in [-0.4, -0.2) is 47.9 Å². The molecule has 2 heterocycles. The van der Waals surface area contributed by atoms with Gasteiger partial charge >= 0.3 is 0 Å². The van der Waals surface area contributed by atoms with Gasteiger partial charge < -0.3 is 14.8 Å². The van der Waals surface area contributed by atoms with Crippen LogP contribution in [0, 0.1) is 0 Å². The van der Waals surface area contributed by atoms with Crippen LogP contribution in [0.2, 0.25) is 0 Å². The van der Waals surface area contributed by atoms with Crippen LogP contribution in [0.3, 0.4) is 0 Å². The number of thiophene rings is 1. The summed E-state index contributed by atoms with van der Waals surface area (Å²) in [6.45, 7) is 2.33. The summed E-state index contributed by atoms with van der Waals surface area (Å²) in [6, 6.07) is 1.67. The van der Waals surface area contributed by atoms with Crippen LogP contribution in [0.15, 0.2) is 14.7 Å². The average Bonchev–Trinajstić information content (AvgIpc) is 2.80. The van der Waals surface area contributed by atoms with E-state index in [1.807, 2.05) is 7.05 Å². The number of hydrogen-bond donors (Lipinski definition) is 2. The van der Waals surface area contributed by atoms with E-state index in [2.05, 4.69) is 26.0 Å². The maximum Gasteiger partial charge on any atom is 0.242 e. The van der Waals surface area contributed by atoms with E-state index in [4.69, 9.17) is 9.47 Å². The molecule has 0 bridgehead atoms. The van der Waals surface area contributed by atoms with Crippen LogP contribution in [0.1, 0.15) is 4.88 Å². The predicted octanol–water partition coefficient (Wildman–Crippen LogP) is 0.924. The Balaban J connectivity index is 2.01. The van der Waals surface area contributed by atoms with E-state index in [-0.39, 0.29) is 17.5 Å². The summed E-state index contributed by atoms with van der Waals surface area (Å²) < 4.78 is 38.3. The fourth-order valence-corrected chi connectivity index (χ4v) is 5.54. The Morgan fingerprint density at radius 3 is 2.95 bits per heavy atom. The minimum Gasteiger partial charge on any atom is -0.376 e. The second-order valence-electron chi connectivity index (χ2n) is 4.30. The first-order chi connectivity index (χ1) is 9.53. The van der Waals surface area contributed by atoms with Crippen molar-refractivity contribution in [2.24, 2.45) is 0 Å². The molecule has 2 rings (SSSR count). The maximum absolute atomic E-state index is 12.3. The molecule has 1 fully saturated rings. The van der Waals surface area contributed by atoms with Gasteiger partial charge in [0, 0.05) is 18.0 Å². The fraction of sp³-hybridized carbons (Fsp3) is 0.636. The molecule has 1 atom stereocenters. The molecule has 0 amide bonds. The third kappa shape index (κ3) is 4.23. The van der Waals surface area contributed by atoms with E-state index >= 15 is 0 Å². The highest BCUT2D eigenvalue weighted by atomic mass is 79.9. The van der Waals surface area contributed by atoms with Crippen LogP contribution >= 0.6 is 27.3 Å². The van der Waals surface area contributed by atoms with Crippen LogP contribution in [-0.2, 0) is 26.0 Å². The molecule has 1 aromatic rings. The number of sulfonamides is 1. The third-order valence-corrected chi connectivity index (χ3v) is 6.41. The molecule has 1 saturated heterocycles. The van der Waals surface area contributed by atoms with Gasteiger partial charge in [0.05, 0.1) is 29.7 Å². The zero-order chi connectivity index (χ0) is 14.6. The zero-order valence-electron chi connectivity index (χ0n) is 11.0. The monoisotopic (exact) mass is 384 g/mol. The van der Waals surface area contributed by atoms with E-state index in [0.29, 0.717) is 30.2 Å². The lowest BCUT2D eigenvalue weighted by Gasteiger charge is -2.22. The molecule has 1 aliphatic heterocycles. The number of rotatable bonds is 6. The third-order valence-electron chi connectivity index (χ3n) is 2.73. The molecule has 0 aliphatic carbocycles. The first kappa shape index (κ1) is 16.3. The van der Waals surface area contributed by atoms with Gasteiger partial charge in [0.25, 0.3) is 0 Å². The minimum atomic E-state index is -3.54. The lowest BCUT2D eigenvalue weighted by Crippen LogP contribution is -2.39. The Labute approximate surface area is 131 Å². The summed E-state index contributed by atoms with van der Waals surface area (Å²) in [4.78, 5) is 1.22. The second kappa shape index (κ2) is 7.30. The van der Waals surface area contributed by atoms with E-state index in [0.717, 1.165) is 4.88 Å². The molecule has 1 aliphatic rings. The van der Waals surface area contributed by atoms with Crippen molar-refractivity contribution in [2.45, 2.75) is 17.5 Å². The molecule has 0 saturated carbocycles. The van der Waals surface area contributed by atoms with E-state index in [1.165, 1.54) is 11.3 Å². The van der Waals surface area contributed by atoms with Crippen LogP contribution in [0.25, 0.3) is 0 Å². The molecule has 2 N–H and O–H groups in total. The Morgan fingerprint density at radius 2 is 2.30 bits per heavy atom. The van der Waals surface area contributed by atoms with E-state index in [9.17, 15) is 8.42 Å². The Kier molecular flexibility index (Phi) is 5.96. The van der Waals surface area contributed by atoms with E-state index in [1.54, 1.807) is 6.07 Å². The average molecular weight is 385 g/mol. The maximum atomic E-state index is 12.3. The molecule has 20 heavy (non-hydrogen) atoms. The Morgan fingerprint density at radius 1 is 1.50 bits per heavy atom. The fourth-order valence-electron chi connectivity index (χ4n) is 1.78. The van der Waals surface area contributed by atoms with Gasteiger partial charge in [-0.1, -0.05) is 0 Å². The molecular weight excluding hydrogens is 368 g/mol. The number of halogens is 1. The molecular formula is C11H17BrN2O4S2. The number of nitrogens with one attached hydrogen (secondary N) is 2. The smallest absolute Gasteiger partial charge is 0.242 e. The van der Waals surface area contributed by atoms with Crippen molar-refractivity contribution in [2.75, 3.05) is 33.4 Å². The highest BCUT2D eigenvalue weighted by Crippen LogP contribution is 2.31. The molecule has 9 heteroatoms. The summed E-state index contributed by atoms with van der Waals surface area (Å²) in [5.74, 6) is 0. The second-order valence-corrected chi connectivity index (χ2v) is 8.49. The first-order valence-corrected chi connectivity index (χ1v) is 9.24. The van der Waals surface area contributed by atoms with Crippen LogP contribution in [0.5, 0.6) is 0 Å². The first-order valence-electron chi connectivity index (χ1n) is 6.15. The zero-order valence-corrected chi connectivity index (χ0v) is 14.2. The molecule has 6 nitrogen and oxygen atoms in total. The summed E-state index contributed by atoms with van der Waals surface area (Å²) >= 11 is 4.71. The van der Waals surface area contributed by atoms with Gasteiger partial charge in [0.2, 0.25) is 10.0 Å². The van der Waals surface area contributed by atoms with Gasteiger partial charge in [-0.2, -0.15) is 0 Å². The molecule has 0 radical (unpaired) electrons. The Bertz CT molecular complexity index is 541. The summed E-state index contributed by atoms with van der Waals surface area (Å²) in [5, 5.41) is 3.00. The predicted molar refractivity (Wildman–Crippen MR) is 80.5 cm³/mol. The molecule has 0 aromatic carbocycles. The standard InChI is InChI=1S/C11H17BrN2O4S2/c1-13-6-9-4-10(11(12)19-9)20(15,16)14-5-8-7-17-2-3-18-8/h4,8,13-14H,2-3,5-7H2,1H3. The van der Waals surface area contributed by atoms with Gasteiger partial charge in [-0.05, 0) is 29.0 Å². The van der Waals surface area contributed by atoms with Crippen molar-refractivity contribution in [3.8, 4) is 0 Å². The van der Waals surface area contributed by atoms with Crippen LogP contribution < -0.4 is 10.0 Å². The van der Waals surface area contributed by atoms with Gasteiger partial charge in [-0.15, -0.1) is 11.3 Å². The summed E-state index contributed by atoms with van der Waals surface area (Å²) in [6.07, 6.45) is -0.229. The van der Waals surface area contributed by atoms with Crippen molar-refractivity contribution in [1.29, 1.82) is 0 Å². The van der Waals surface area contributed by atoms with Crippen molar-refractivity contribution in [3.63, 3.8) is 0 Å².